The highest BCUT2D eigenvalue weighted by atomic mass is 35.5. The first-order chi connectivity index (χ1) is 18.3. The second-order valence-electron chi connectivity index (χ2n) is 8.58. The Morgan fingerprint density at radius 1 is 0.947 bits per heavy atom. The Labute approximate surface area is 226 Å². The topological polar surface area (TPSA) is 122 Å². The normalized spacial score (nSPS) is 11.3. The van der Waals surface area contributed by atoms with Gasteiger partial charge in [0.25, 0.3) is 15.9 Å². The van der Waals surface area contributed by atoms with Gasteiger partial charge in [-0.15, -0.1) is 11.6 Å². The van der Waals surface area contributed by atoms with Crippen LogP contribution in [-0.4, -0.2) is 35.7 Å². The zero-order chi connectivity index (χ0) is 27.1. The number of amides is 2. The molecule has 1 aromatic heterocycles. The smallest absolute Gasteiger partial charge is 0.261 e. The van der Waals surface area contributed by atoms with Crippen molar-refractivity contribution in [2.24, 2.45) is 0 Å². The van der Waals surface area contributed by atoms with Crippen LogP contribution in [-0.2, 0) is 21.4 Å². The Bertz CT molecular complexity index is 1550. The molecular formula is C27H28ClN5O4S. The minimum absolute atomic E-state index is 0.123. The summed E-state index contributed by atoms with van der Waals surface area (Å²) in [7, 11) is -3.80. The molecule has 38 heavy (non-hydrogen) atoms. The zero-order valence-electron chi connectivity index (χ0n) is 20.8. The second-order valence-corrected chi connectivity index (χ2v) is 10.6. The van der Waals surface area contributed by atoms with E-state index in [4.69, 9.17) is 11.6 Å². The maximum Gasteiger partial charge on any atom is 0.261 e. The van der Waals surface area contributed by atoms with Crippen LogP contribution in [0.5, 0.6) is 0 Å². The van der Waals surface area contributed by atoms with Gasteiger partial charge in [0.2, 0.25) is 11.9 Å². The number of carbonyl (C=O) groups is 2. The molecule has 2 amide bonds. The van der Waals surface area contributed by atoms with Crippen LogP contribution < -0.4 is 15.4 Å². The molecule has 0 unspecified atom stereocenters. The summed E-state index contributed by atoms with van der Waals surface area (Å²) in [5.74, 6) is 0.202. The molecule has 198 valence electrons. The minimum atomic E-state index is -3.80. The number of sulfonamides is 1. The molecule has 11 heteroatoms. The molecule has 0 aliphatic carbocycles. The van der Waals surface area contributed by atoms with Crippen molar-refractivity contribution in [1.29, 1.82) is 0 Å². The summed E-state index contributed by atoms with van der Waals surface area (Å²) in [5, 5.41) is 5.69. The number of aryl methyl sites for hydroxylation is 1. The number of nitrogens with zero attached hydrogens (tertiary/aromatic N) is 2. The van der Waals surface area contributed by atoms with E-state index in [-0.39, 0.29) is 22.1 Å². The number of aromatic nitrogens is 2. The number of anilines is 3. The number of alkyl halides is 1. The van der Waals surface area contributed by atoms with E-state index in [1.807, 2.05) is 17.6 Å². The molecule has 0 atom stereocenters. The maximum absolute atomic E-state index is 13.1. The highest BCUT2D eigenvalue weighted by Gasteiger charge is 2.17. The van der Waals surface area contributed by atoms with E-state index in [0.717, 1.165) is 11.9 Å². The lowest BCUT2D eigenvalue weighted by Crippen LogP contribution is -2.17. The van der Waals surface area contributed by atoms with E-state index < -0.39 is 15.9 Å². The van der Waals surface area contributed by atoms with Crippen LogP contribution in [0.4, 0.5) is 17.3 Å². The van der Waals surface area contributed by atoms with Gasteiger partial charge in [0.05, 0.1) is 15.9 Å². The second kappa shape index (κ2) is 12.1. The Morgan fingerprint density at radius 3 is 2.47 bits per heavy atom. The lowest BCUT2D eigenvalue weighted by Gasteiger charge is -2.11. The van der Waals surface area contributed by atoms with Gasteiger partial charge in [-0.05, 0) is 61.4 Å². The van der Waals surface area contributed by atoms with Gasteiger partial charge in [0, 0.05) is 35.8 Å². The van der Waals surface area contributed by atoms with E-state index in [0.29, 0.717) is 42.4 Å². The third-order valence-corrected chi connectivity index (χ3v) is 7.34. The fraction of sp³-hybridized carbons (Fsp3) is 0.222. The van der Waals surface area contributed by atoms with Gasteiger partial charge >= 0.3 is 0 Å². The van der Waals surface area contributed by atoms with Crippen molar-refractivity contribution in [3.05, 3.63) is 78.4 Å². The van der Waals surface area contributed by atoms with Crippen LogP contribution in [0.25, 0.3) is 11.0 Å². The van der Waals surface area contributed by atoms with Gasteiger partial charge in [0.1, 0.15) is 0 Å². The molecule has 0 bridgehead atoms. The predicted octanol–water partition coefficient (Wildman–Crippen LogP) is 5.46. The predicted molar refractivity (Wildman–Crippen MR) is 150 cm³/mol. The standard InChI is InChI=1S/C27H28ClN5O4S/c1-2-16-33-24-14-13-20(29-25(34)12-7-15-28)18-23(24)30-27(33)31-26(35)19-8-6-9-21(17-19)32-38(36,37)22-10-4-3-5-11-22/h3-6,8-11,13-14,17-18,32H,2,7,12,15-16H2,1H3,(H,29,34)(H,30,31,35). The molecule has 1 heterocycles. The van der Waals surface area contributed by atoms with Crippen molar-refractivity contribution >= 4 is 61.8 Å². The monoisotopic (exact) mass is 553 g/mol. The maximum atomic E-state index is 13.1. The first-order valence-corrected chi connectivity index (χ1v) is 14.2. The Kier molecular flexibility index (Phi) is 8.65. The van der Waals surface area contributed by atoms with Gasteiger partial charge in [0.15, 0.2) is 0 Å². The quantitative estimate of drug-likeness (QED) is 0.213. The number of carbonyl (C=O) groups excluding carboxylic acids is 2. The number of hydrogen-bond acceptors (Lipinski definition) is 5. The lowest BCUT2D eigenvalue weighted by atomic mass is 10.2. The van der Waals surface area contributed by atoms with Crippen molar-refractivity contribution in [2.75, 3.05) is 21.2 Å². The summed E-state index contributed by atoms with van der Waals surface area (Å²) in [5.41, 5.74) is 2.56. The van der Waals surface area contributed by atoms with Crippen LogP contribution >= 0.6 is 11.6 Å². The Hall–Kier alpha value is -3.89. The molecule has 0 saturated carbocycles. The fourth-order valence-corrected chi connectivity index (χ4v) is 5.12. The SMILES string of the molecule is CCCn1c(NC(=O)c2cccc(NS(=O)(=O)c3ccccc3)c2)nc2cc(NC(=O)CCCCl)ccc21. The molecule has 0 saturated heterocycles. The number of hydrogen-bond donors (Lipinski definition) is 3. The van der Waals surface area contributed by atoms with E-state index in [1.54, 1.807) is 48.5 Å². The number of halogens is 1. The fourth-order valence-electron chi connectivity index (χ4n) is 3.92. The molecule has 9 nitrogen and oxygen atoms in total. The van der Waals surface area contributed by atoms with E-state index in [1.165, 1.54) is 18.2 Å². The molecule has 0 aliphatic heterocycles. The first-order valence-electron chi connectivity index (χ1n) is 12.2. The molecule has 3 N–H and O–H groups in total. The first kappa shape index (κ1) is 27.2. The van der Waals surface area contributed by atoms with Crippen molar-refractivity contribution in [2.45, 2.75) is 37.6 Å². The summed E-state index contributed by atoms with van der Waals surface area (Å²) in [6.07, 6.45) is 1.72. The molecule has 0 radical (unpaired) electrons. The van der Waals surface area contributed by atoms with Crippen molar-refractivity contribution in [3.8, 4) is 0 Å². The third-order valence-electron chi connectivity index (χ3n) is 5.67. The van der Waals surface area contributed by atoms with Crippen LogP contribution in [0.3, 0.4) is 0 Å². The van der Waals surface area contributed by atoms with Crippen molar-refractivity contribution in [3.63, 3.8) is 0 Å². The number of nitrogens with one attached hydrogen (secondary N) is 3. The van der Waals surface area contributed by atoms with E-state index in [9.17, 15) is 18.0 Å². The van der Waals surface area contributed by atoms with Gasteiger partial charge in [-0.25, -0.2) is 13.4 Å². The van der Waals surface area contributed by atoms with Crippen LogP contribution in [0, 0.1) is 0 Å². The molecule has 0 fully saturated rings. The molecular weight excluding hydrogens is 526 g/mol. The largest absolute Gasteiger partial charge is 0.326 e. The Balaban J connectivity index is 1.55. The van der Waals surface area contributed by atoms with Crippen molar-refractivity contribution < 1.29 is 18.0 Å². The van der Waals surface area contributed by atoms with Crippen molar-refractivity contribution in [1.82, 2.24) is 9.55 Å². The van der Waals surface area contributed by atoms with Gasteiger partial charge < -0.3 is 9.88 Å². The van der Waals surface area contributed by atoms with E-state index in [2.05, 4.69) is 20.3 Å². The van der Waals surface area contributed by atoms with Crippen LogP contribution in [0.1, 0.15) is 36.5 Å². The zero-order valence-corrected chi connectivity index (χ0v) is 22.3. The number of rotatable bonds is 11. The average Bonchev–Trinajstić information content (AvgIpc) is 3.24. The van der Waals surface area contributed by atoms with Gasteiger partial charge in [-0.2, -0.15) is 0 Å². The van der Waals surface area contributed by atoms with E-state index >= 15 is 0 Å². The van der Waals surface area contributed by atoms with Crippen LogP contribution in [0.2, 0.25) is 0 Å². The minimum Gasteiger partial charge on any atom is -0.326 e. The summed E-state index contributed by atoms with van der Waals surface area (Å²) in [6.45, 7) is 2.63. The number of imidazole rings is 1. The molecule has 0 spiro atoms. The highest BCUT2D eigenvalue weighted by molar-refractivity contribution is 7.92. The number of fused-ring (bicyclic) bond motifs is 1. The van der Waals surface area contributed by atoms with Crippen LogP contribution in [0.15, 0.2) is 77.7 Å². The van der Waals surface area contributed by atoms with Gasteiger partial charge in [-0.1, -0.05) is 31.2 Å². The summed E-state index contributed by atoms with van der Waals surface area (Å²) in [4.78, 5) is 29.9. The summed E-state index contributed by atoms with van der Waals surface area (Å²) < 4.78 is 29.8. The van der Waals surface area contributed by atoms with Gasteiger partial charge in [-0.3, -0.25) is 19.6 Å². The summed E-state index contributed by atoms with van der Waals surface area (Å²) in [6, 6.07) is 19.6. The molecule has 4 rings (SSSR count). The average molecular weight is 554 g/mol. The highest BCUT2D eigenvalue weighted by Crippen LogP contribution is 2.25. The third kappa shape index (κ3) is 6.51. The summed E-state index contributed by atoms with van der Waals surface area (Å²) >= 11 is 5.67. The Morgan fingerprint density at radius 2 is 1.74 bits per heavy atom. The molecule has 4 aromatic rings. The molecule has 0 aliphatic rings. The lowest BCUT2D eigenvalue weighted by molar-refractivity contribution is -0.116. The molecule has 3 aromatic carbocycles. The number of benzene rings is 3.